The first-order valence-corrected chi connectivity index (χ1v) is 7.05. The summed E-state index contributed by atoms with van der Waals surface area (Å²) < 4.78 is 77.6. The molecule has 9 heteroatoms. The summed E-state index contributed by atoms with van der Waals surface area (Å²) in [6.45, 7) is 0.816. The molecule has 3 rings (SSSR count). The molecule has 2 heterocycles. The lowest BCUT2D eigenvalue weighted by atomic mass is 10.1. The number of benzene rings is 1. The van der Waals surface area contributed by atoms with Gasteiger partial charge in [0.2, 0.25) is 0 Å². The number of imidazole rings is 1. The Labute approximate surface area is 127 Å². The fourth-order valence-corrected chi connectivity index (χ4v) is 2.81. The van der Waals surface area contributed by atoms with E-state index in [0.29, 0.717) is 12.5 Å². The zero-order chi connectivity index (χ0) is 16.8. The van der Waals surface area contributed by atoms with Gasteiger partial charge in [-0.3, -0.25) is 0 Å². The highest BCUT2D eigenvalue weighted by Gasteiger charge is 2.39. The van der Waals surface area contributed by atoms with Crippen LogP contribution in [0.4, 0.5) is 26.3 Å². The Morgan fingerprint density at radius 1 is 1.09 bits per heavy atom. The summed E-state index contributed by atoms with van der Waals surface area (Å²) >= 11 is 0. The molecule has 2 aromatic rings. The highest BCUT2D eigenvalue weighted by Crippen LogP contribution is 2.39. The third-order valence-electron chi connectivity index (χ3n) is 3.87. The lowest BCUT2D eigenvalue weighted by Crippen LogP contribution is -2.24. The Morgan fingerprint density at radius 2 is 1.83 bits per heavy atom. The minimum Gasteiger partial charge on any atom is -0.342 e. The molecule has 0 aliphatic carbocycles. The number of hydrogen-bond acceptors (Lipinski definition) is 2. The molecule has 1 aromatic carbocycles. The molecule has 0 amide bonds. The van der Waals surface area contributed by atoms with E-state index >= 15 is 0 Å². The molecule has 1 atom stereocenters. The zero-order valence-electron chi connectivity index (χ0n) is 11.8. The van der Waals surface area contributed by atoms with Gasteiger partial charge in [0.1, 0.15) is 11.3 Å². The van der Waals surface area contributed by atoms with Crippen LogP contribution >= 0.6 is 0 Å². The maximum atomic E-state index is 13.1. The van der Waals surface area contributed by atoms with Gasteiger partial charge in [-0.2, -0.15) is 26.3 Å². The summed E-state index contributed by atoms with van der Waals surface area (Å²) in [4.78, 5) is 6.48. The second-order valence-corrected chi connectivity index (χ2v) is 5.60. The second kappa shape index (κ2) is 5.40. The minimum absolute atomic E-state index is 0.0759. The van der Waals surface area contributed by atoms with Crippen LogP contribution in [0.15, 0.2) is 12.1 Å². The molecule has 0 radical (unpaired) electrons. The van der Waals surface area contributed by atoms with Gasteiger partial charge in [-0.05, 0) is 31.5 Å². The number of nitrogens with zero attached hydrogens (tertiary/aromatic N) is 1. The quantitative estimate of drug-likeness (QED) is 0.816. The van der Waals surface area contributed by atoms with Crippen LogP contribution in [-0.2, 0) is 18.8 Å². The van der Waals surface area contributed by atoms with E-state index in [9.17, 15) is 26.3 Å². The molecule has 1 aliphatic rings. The molecular weight excluding hydrogens is 324 g/mol. The van der Waals surface area contributed by atoms with Crippen molar-refractivity contribution in [3.8, 4) is 0 Å². The molecule has 3 nitrogen and oxygen atoms in total. The normalized spacial score (nSPS) is 19.7. The summed E-state index contributed by atoms with van der Waals surface area (Å²) in [5.74, 6) is 0.254. The molecule has 0 unspecified atom stereocenters. The Bertz CT molecular complexity index is 710. The third kappa shape index (κ3) is 3.29. The predicted molar refractivity (Wildman–Crippen MR) is 70.8 cm³/mol. The van der Waals surface area contributed by atoms with Crippen molar-refractivity contribution in [3.05, 3.63) is 29.1 Å². The standard InChI is InChI=1S/C14H13F6N3/c15-13(16,17)7-4-9(14(18,19)20)12-10(5-7)22-11(23-12)6-8-2-1-3-21-8/h4-5,8,21H,1-3,6H2,(H,22,23)/t8-/m0/s1. The summed E-state index contributed by atoms with van der Waals surface area (Å²) in [5, 5.41) is 3.17. The van der Waals surface area contributed by atoms with Crippen LogP contribution in [0.1, 0.15) is 29.8 Å². The maximum Gasteiger partial charge on any atom is 0.418 e. The first kappa shape index (κ1) is 16.1. The highest BCUT2D eigenvalue weighted by molar-refractivity contribution is 5.80. The Morgan fingerprint density at radius 3 is 2.39 bits per heavy atom. The van der Waals surface area contributed by atoms with Gasteiger partial charge >= 0.3 is 12.4 Å². The number of rotatable bonds is 2. The van der Waals surface area contributed by atoms with Gasteiger partial charge in [0.15, 0.2) is 0 Å². The summed E-state index contributed by atoms with van der Waals surface area (Å²) in [7, 11) is 0. The van der Waals surface area contributed by atoms with Gasteiger partial charge in [0.25, 0.3) is 0 Å². The van der Waals surface area contributed by atoms with E-state index in [0.717, 1.165) is 19.4 Å². The number of H-pyrrole nitrogens is 1. The van der Waals surface area contributed by atoms with Crippen molar-refractivity contribution in [1.29, 1.82) is 0 Å². The molecule has 1 aromatic heterocycles. The Kier molecular flexibility index (Phi) is 3.78. The van der Waals surface area contributed by atoms with Crippen molar-refractivity contribution < 1.29 is 26.3 Å². The molecule has 1 aliphatic heterocycles. The lowest BCUT2D eigenvalue weighted by molar-refractivity contribution is -0.142. The monoisotopic (exact) mass is 337 g/mol. The van der Waals surface area contributed by atoms with Crippen LogP contribution < -0.4 is 5.32 Å². The van der Waals surface area contributed by atoms with Crippen LogP contribution in [0.3, 0.4) is 0 Å². The van der Waals surface area contributed by atoms with Crippen LogP contribution in [0, 0.1) is 0 Å². The highest BCUT2D eigenvalue weighted by atomic mass is 19.4. The number of nitrogens with one attached hydrogen (secondary N) is 2. The zero-order valence-corrected chi connectivity index (χ0v) is 11.8. The van der Waals surface area contributed by atoms with Crippen molar-refractivity contribution >= 4 is 11.0 Å². The third-order valence-corrected chi connectivity index (χ3v) is 3.87. The summed E-state index contributed by atoms with van der Waals surface area (Å²) in [6, 6.07) is 0.858. The molecule has 0 spiro atoms. The van der Waals surface area contributed by atoms with Crippen LogP contribution in [0.5, 0.6) is 0 Å². The van der Waals surface area contributed by atoms with E-state index < -0.39 is 29.0 Å². The topological polar surface area (TPSA) is 40.7 Å². The minimum atomic E-state index is -4.91. The number of alkyl halides is 6. The molecule has 126 valence electrons. The largest absolute Gasteiger partial charge is 0.418 e. The Hall–Kier alpha value is -1.77. The van der Waals surface area contributed by atoms with E-state index in [-0.39, 0.29) is 23.4 Å². The molecule has 2 N–H and O–H groups in total. The van der Waals surface area contributed by atoms with Crippen molar-refractivity contribution in [2.75, 3.05) is 6.54 Å². The number of aromatic nitrogens is 2. The van der Waals surface area contributed by atoms with Gasteiger partial charge in [-0.15, -0.1) is 0 Å². The second-order valence-electron chi connectivity index (χ2n) is 5.60. The SMILES string of the molecule is FC(F)(F)c1cc(C(F)(F)F)c2nc(C[C@@H]3CCCN3)[nH]c2c1. The molecule has 0 saturated carbocycles. The van der Waals surface area contributed by atoms with Gasteiger partial charge in [0.05, 0.1) is 16.6 Å². The van der Waals surface area contributed by atoms with Crippen molar-refractivity contribution in [1.82, 2.24) is 15.3 Å². The average Bonchev–Trinajstić information content (AvgIpc) is 3.03. The smallest absolute Gasteiger partial charge is 0.342 e. The number of fused-ring (bicyclic) bond motifs is 1. The van der Waals surface area contributed by atoms with Crippen molar-refractivity contribution in [3.63, 3.8) is 0 Å². The lowest BCUT2D eigenvalue weighted by Gasteiger charge is -2.11. The van der Waals surface area contributed by atoms with E-state index in [1.165, 1.54) is 0 Å². The number of halogens is 6. The van der Waals surface area contributed by atoms with E-state index in [2.05, 4.69) is 15.3 Å². The maximum absolute atomic E-state index is 13.1. The molecule has 23 heavy (non-hydrogen) atoms. The van der Waals surface area contributed by atoms with E-state index in [1.807, 2.05) is 0 Å². The number of aromatic amines is 1. The predicted octanol–water partition coefficient (Wildman–Crippen LogP) is 3.90. The van der Waals surface area contributed by atoms with Crippen LogP contribution in [-0.4, -0.2) is 22.6 Å². The average molecular weight is 337 g/mol. The number of hydrogen-bond donors (Lipinski definition) is 2. The summed E-state index contributed by atoms with van der Waals surface area (Å²) in [6.07, 6.45) is -7.59. The summed E-state index contributed by atoms with van der Waals surface area (Å²) in [5.41, 5.74) is -3.44. The van der Waals surface area contributed by atoms with Gasteiger partial charge in [-0.1, -0.05) is 0 Å². The fourth-order valence-electron chi connectivity index (χ4n) is 2.81. The van der Waals surface area contributed by atoms with Crippen molar-refractivity contribution in [2.24, 2.45) is 0 Å². The molecule has 1 fully saturated rings. The van der Waals surface area contributed by atoms with E-state index in [4.69, 9.17) is 0 Å². The first-order valence-electron chi connectivity index (χ1n) is 7.05. The fraction of sp³-hybridized carbons (Fsp3) is 0.500. The van der Waals surface area contributed by atoms with Gasteiger partial charge < -0.3 is 10.3 Å². The molecule has 0 bridgehead atoms. The van der Waals surface area contributed by atoms with Gasteiger partial charge in [0, 0.05) is 12.5 Å². The first-order chi connectivity index (χ1) is 10.6. The molecular formula is C14H13F6N3. The van der Waals surface area contributed by atoms with Crippen LogP contribution in [0.25, 0.3) is 11.0 Å². The van der Waals surface area contributed by atoms with Crippen LogP contribution in [0.2, 0.25) is 0 Å². The van der Waals surface area contributed by atoms with Gasteiger partial charge in [-0.25, -0.2) is 4.98 Å². The Balaban J connectivity index is 2.08. The van der Waals surface area contributed by atoms with E-state index in [1.54, 1.807) is 0 Å². The van der Waals surface area contributed by atoms with Crippen molar-refractivity contribution in [2.45, 2.75) is 37.7 Å². The molecule has 1 saturated heterocycles.